The molecule has 0 saturated heterocycles. The fraction of sp³-hybridized carbons (Fsp3) is 0.533. The van der Waals surface area contributed by atoms with Crippen molar-refractivity contribution >= 4 is 38.8 Å². The molecule has 4 aliphatic rings. The van der Waals surface area contributed by atoms with Gasteiger partial charge in [0.2, 0.25) is 0 Å². The summed E-state index contributed by atoms with van der Waals surface area (Å²) in [5.74, 6) is 4.79. The van der Waals surface area contributed by atoms with Crippen molar-refractivity contribution in [1.29, 1.82) is 0 Å². The Hall–Kier alpha value is -2.26. The molecular weight excluding hydrogens is 536 g/mol. The van der Waals surface area contributed by atoms with Crippen LogP contribution in [0.5, 0.6) is 5.75 Å². The van der Waals surface area contributed by atoms with Gasteiger partial charge in [0, 0.05) is 51.2 Å². The minimum atomic E-state index is -2.83. The molecule has 0 radical (unpaired) electrons. The lowest BCUT2D eigenvalue weighted by atomic mass is 9.68. The number of nitrogens with one attached hydrogen (secondary N) is 1. The van der Waals surface area contributed by atoms with Crippen LogP contribution in [0.3, 0.4) is 0 Å². The van der Waals surface area contributed by atoms with Gasteiger partial charge in [0.1, 0.15) is 5.75 Å². The first-order valence-corrected chi connectivity index (χ1v) is 16.2. The van der Waals surface area contributed by atoms with Crippen molar-refractivity contribution < 1.29 is 23.6 Å². The second-order valence-electron chi connectivity index (χ2n) is 11.7. The molecule has 2 aromatic carbocycles. The molecular formula is C30H37ClN2O5S. The summed E-state index contributed by atoms with van der Waals surface area (Å²) < 4.78 is 27.9. The van der Waals surface area contributed by atoms with Gasteiger partial charge in [-0.1, -0.05) is 17.7 Å². The third kappa shape index (κ3) is 5.41. The van der Waals surface area contributed by atoms with Crippen molar-refractivity contribution in [3.8, 4) is 5.75 Å². The molecule has 9 heteroatoms. The molecule has 1 amide bonds. The molecule has 7 nitrogen and oxygen atoms in total. The SMILES string of the molecule is C=S1(=O)CCCOC[C@H](O)[C@@H]2CC[C@H]2CN2C[C@@]3(CCCc4cc(Cl)ccc43)COc3ccc(cc32)C(=O)N1. The summed E-state index contributed by atoms with van der Waals surface area (Å²) in [6, 6.07) is 11.7. The van der Waals surface area contributed by atoms with Crippen LogP contribution in [0.15, 0.2) is 36.4 Å². The van der Waals surface area contributed by atoms with E-state index in [4.69, 9.17) is 21.1 Å². The van der Waals surface area contributed by atoms with Crippen LogP contribution in [0, 0.1) is 11.8 Å². The Kier molecular flexibility index (Phi) is 7.33. The number of carbonyl (C=O) groups excluding carboxylic acids is 1. The monoisotopic (exact) mass is 572 g/mol. The van der Waals surface area contributed by atoms with Crippen molar-refractivity contribution in [3.63, 3.8) is 0 Å². The number of amides is 1. The highest BCUT2D eigenvalue weighted by Gasteiger charge is 2.44. The first kappa shape index (κ1) is 26.9. The highest BCUT2D eigenvalue weighted by atomic mass is 35.5. The number of benzene rings is 2. The number of aliphatic hydroxyl groups is 1. The normalized spacial score (nSPS) is 33.1. The van der Waals surface area contributed by atoms with E-state index in [0.29, 0.717) is 31.1 Å². The molecule has 39 heavy (non-hydrogen) atoms. The van der Waals surface area contributed by atoms with Gasteiger partial charge in [0.15, 0.2) is 0 Å². The Labute approximate surface area is 236 Å². The second-order valence-corrected chi connectivity index (χ2v) is 14.4. The first-order valence-electron chi connectivity index (χ1n) is 14.0. The quantitative estimate of drug-likeness (QED) is 0.464. The molecule has 2 N–H and O–H groups in total. The summed E-state index contributed by atoms with van der Waals surface area (Å²) in [6.45, 7) is 2.65. The summed E-state index contributed by atoms with van der Waals surface area (Å²) in [7, 11) is -2.83. The first-order chi connectivity index (χ1) is 18.7. The van der Waals surface area contributed by atoms with E-state index in [9.17, 15) is 14.1 Å². The van der Waals surface area contributed by atoms with E-state index in [1.165, 1.54) is 11.1 Å². The fourth-order valence-corrected chi connectivity index (χ4v) is 8.20. The molecule has 2 aliphatic heterocycles. The van der Waals surface area contributed by atoms with Crippen LogP contribution in [0.1, 0.15) is 53.6 Å². The number of hydrogen-bond donors (Lipinski definition) is 2. The number of ether oxygens (including phenoxy) is 2. The Morgan fingerprint density at radius 1 is 1.18 bits per heavy atom. The number of anilines is 1. The number of carbonyl (C=O) groups is 1. The fourth-order valence-electron chi connectivity index (χ4n) is 6.87. The van der Waals surface area contributed by atoms with Gasteiger partial charge in [0.25, 0.3) is 5.91 Å². The average Bonchev–Trinajstić information content (AvgIpc) is 3.02. The number of nitrogens with zero attached hydrogens (tertiary/aromatic N) is 1. The molecule has 2 aliphatic carbocycles. The predicted molar refractivity (Wildman–Crippen MR) is 155 cm³/mol. The predicted octanol–water partition coefficient (Wildman–Crippen LogP) is 3.98. The maximum absolute atomic E-state index is 13.2. The maximum Gasteiger partial charge on any atom is 0.262 e. The van der Waals surface area contributed by atoms with Gasteiger partial charge >= 0.3 is 0 Å². The lowest BCUT2D eigenvalue weighted by Crippen LogP contribution is -2.50. The summed E-state index contributed by atoms with van der Waals surface area (Å²) in [5.41, 5.74) is 3.63. The lowest BCUT2D eigenvalue weighted by molar-refractivity contribution is -0.0417. The number of aliphatic hydroxyl groups excluding tert-OH is 1. The smallest absolute Gasteiger partial charge is 0.262 e. The number of rotatable bonds is 0. The molecule has 1 spiro atoms. The van der Waals surface area contributed by atoms with Crippen molar-refractivity contribution in [2.75, 3.05) is 43.6 Å². The van der Waals surface area contributed by atoms with Crippen LogP contribution in [0.4, 0.5) is 5.69 Å². The molecule has 2 heterocycles. The zero-order chi connectivity index (χ0) is 27.2. The Morgan fingerprint density at radius 2 is 2.05 bits per heavy atom. The van der Waals surface area contributed by atoms with Crippen LogP contribution in [0.2, 0.25) is 5.02 Å². The van der Waals surface area contributed by atoms with E-state index in [0.717, 1.165) is 61.7 Å². The number of halogens is 1. The van der Waals surface area contributed by atoms with Crippen molar-refractivity contribution in [3.05, 3.63) is 58.1 Å². The summed E-state index contributed by atoms with van der Waals surface area (Å²) in [6.07, 6.45) is 4.99. The van der Waals surface area contributed by atoms with E-state index in [-0.39, 0.29) is 23.7 Å². The molecule has 1 saturated carbocycles. The second kappa shape index (κ2) is 10.6. The van der Waals surface area contributed by atoms with Gasteiger partial charge in [-0.3, -0.25) is 9.52 Å². The highest BCUT2D eigenvalue weighted by molar-refractivity contribution is 7.99. The topological polar surface area (TPSA) is 88.1 Å². The molecule has 6 rings (SSSR count). The van der Waals surface area contributed by atoms with Crippen LogP contribution in [-0.4, -0.2) is 65.9 Å². The highest BCUT2D eigenvalue weighted by Crippen LogP contribution is 2.46. The van der Waals surface area contributed by atoms with Gasteiger partial charge in [-0.05, 0) is 97.7 Å². The molecule has 2 bridgehead atoms. The summed E-state index contributed by atoms with van der Waals surface area (Å²) >= 11 is 6.37. The molecule has 2 aromatic rings. The standard InChI is InChI=1S/C30H37ClN2O5S/c1-39(36)13-3-12-37-17-27(34)24-8-5-22(24)16-33-18-30(11-2-4-20-14-23(31)7-9-25(20)30)19-38-28-10-6-21(15-26(28)33)29(35)32-39/h6-7,9-10,14-15,22,24,27,34H,1-5,8,11-13,16-19H2,(H,32,35,36)/t22-,24+,27-,30-,39?/m0/s1. The lowest BCUT2D eigenvalue weighted by Gasteiger charge is -2.45. The van der Waals surface area contributed by atoms with Crippen LogP contribution >= 0.6 is 11.6 Å². The van der Waals surface area contributed by atoms with E-state index in [1.54, 1.807) is 6.07 Å². The molecule has 1 fully saturated rings. The van der Waals surface area contributed by atoms with E-state index in [2.05, 4.69) is 27.6 Å². The average molecular weight is 573 g/mol. The number of fused-ring (bicyclic) bond motifs is 4. The molecule has 0 aromatic heterocycles. The van der Waals surface area contributed by atoms with Crippen LogP contribution in [0.25, 0.3) is 0 Å². The Bertz CT molecular complexity index is 1370. The van der Waals surface area contributed by atoms with Crippen LogP contribution < -0.4 is 14.4 Å². The van der Waals surface area contributed by atoms with E-state index < -0.39 is 21.7 Å². The van der Waals surface area contributed by atoms with Gasteiger partial charge in [-0.25, -0.2) is 4.21 Å². The van der Waals surface area contributed by atoms with Crippen molar-refractivity contribution in [2.45, 2.75) is 50.0 Å². The largest absolute Gasteiger partial charge is 0.490 e. The summed E-state index contributed by atoms with van der Waals surface area (Å²) in [5, 5.41) is 11.7. The Morgan fingerprint density at radius 3 is 2.87 bits per heavy atom. The molecule has 1 unspecified atom stereocenters. The third-order valence-electron chi connectivity index (χ3n) is 9.05. The van der Waals surface area contributed by atoms with Gasteiger partial charge < -0.3 is 19.5 Å². The van der Waals surface area contributed by atoms with Gasteiger partial charge in [-0.2, -0.15) is 0 Å². The summed E-state index contributed by atoms with van der Waals surface area (Å²) in [4.78, 5) is 15.6. The zero-order valence-electron chi connectivity index (χ0n) is 22.2. The van der Waals surface area contributed by atoms with Gasteiger partial charge in [0.05, 0.1) is 25.0 Å². The molecule has 210 valence electrons. The zero-order valence-corrected chi connectivity index (χ0v) is 23.8. The van der Waals surface area contributed by atoms with Crippen molar-refractivity contribution in [2.24, 2.45) is 11.8 Å². The van der Waals surface area contributed by atoms with E-state index in [1.807, 2.05) is 18.2 Å². The maximum atomic E-state index is 13.2. The van der Waals surface area contributed by atoms with E-state index >= 15 is 0 Å². The number of aryl methyl sites for hydroxylation is 1. The Balaban J connectivity index is 1.40. The number of hydrogen-bond acceptors (Lipinski definition) is 6. The third-order valence-corrected chi connectivity index (χ3v) is 10.8. The molecule has 5 atom stereocenters. The minimum Gasteiger partial charge on any atom is -0.490 e. The van der Waals surface area contributed by atoms with Crippen LogP contribution in [-0.2, 0) is 26.3 Å². The minimum absolute atomic E-state index is 0.155. The van der Waals surface area contributed by atoms with Gasteiger partial charge in [-0.15, -0.1) is 0 Å². The van der Waals surface area contributed by atoms with Crippen molar-refractivity contribution in [1.82, 2.24) is 4.72 Å².